The normalized spacial score (nSPS) is 10.7. The zero-order valence-electron chi connectivity index (χ0n) is 13.3. The number of benzene rings is 1. The minimum Gasteiger partial charge on any atom is -0.339 e. The third-order valence-corrected chi connectivity index (χ3v) is 5.46. The van der Waals surface area contributed by atoms with Crippen molar-refractivity contribution in [2.75, 3.05) is 11.2 Å². The fourth-order valence-electron chi connectivity index (χ4n) is 2.40. The maximum absolute atomic E-state index is 4.81. The van der Waals surface area contributed by atoms with E-state index >= 15 is 0 Å². The summed E-state index contributed by atoms with van der Waals surface area (Å²) in [4.78, 5) is 12.6. The molecular formula is C18H19N3S2. The van der Waals surface area contributed by atoms with Gasteiger partial charge in [0.1, 0.15) is 5.03 Å². The Hall–Kier alpha value is -1.85. The van der Waals surface area contributed by atoms with E-state index in [0.29, 0.717) is 0 Å². The second-order valence-electron chi connectivity index (χ2n) is 5.26. The number of hydrogen-bond acceptors (Lipinski definition) is 5. The van der Waals surface area contributed by atoms with Gasteiger partial charge >= 0.3 is 0 Å². The van der Waals surface area contributed by atoms with Crippen molar-refractivity contribution in [3.63, 3.8) is 0 Å². The van der Waals surface area contributed by atoms with Crippen LogP contribution in [0.2, 0.25) is 0 Å². The fraction of sp³-hybridized carbons (Fsp3) is 0.222. The van der Waals surface area contributed by atoms with Gasteiger partial charge in [-0.3, -0.25) is 4.98 Å². The molecule has 0 N–H and O–H groups in total. The summed E-state index contributed by atoms with van der Waals surface area (Å²) in [6, 6.07) is 14.6. The third-order valence-electron chi connectivity index (χ3n) is 3.52. The Morgan fingerprint density at radius 3 is 2.43 bits per heavy atom. The third kappa shape index (κ3) is 4.12. The Morgan fingerprint density at radius 1 is 1.04 bits per heavy atom. The molecule has 0 amide bonds. The molecule has 0 aliphatic heterocycles. The van der Waals surface area contributed by atoms with Crippen LogP contribution in [-0.4, -0.2) is 16.2 Å². The molecule has 0 bridgehead atoms. The first-order valence-corrected chi connectivity index (χ1v) is 9.49. The van der Waals surface area contributed by atoms with E-state index in [0.717, 1.165) is 23.2 Å². The van der Waals surface area contributed by atoms with E-state index in [1.165, 1.54) is 16.0 Å². The summed E-state index contributed by atoms with van der Waals surface area (Å²) in [5, 5.41) is 2.19. The standard InChI is InChI=1S/C18H19N3S2/c1-14-17(22-2)20-18(23-14)21(12-15-7-4-3-5-8-15)13-16-9-6-10-19-11-16/h3-11H,12-13H2,1-2H3. The van der Waals surface area contributed by atoms with Gasteiger partial charge in [0.05, 0.1) is 0 Å². The van der Waals surface area contributed by atoms with Gasteiger partial charge in [0.2, 0.25) is 0 Å². The van der Waals surface area contributed by atoms with Gasteiger partial charge in [0.25, 0.3) is 0 Å². The summed E-state index contributed by atoms with van der Waals surface area (Å²) in [6.07, 6.45) is 5.81. The minimum absolute atomic E-state index is 0.809. The van der Waals surface area contributed by atoms with Gasteiger partial charge in [-0.2, -0.15) is 0 Å². The maximum Gasteiger partial charge on any atom is 0.187 e. The van der Waals surface area contributed by atoms with Crippen LogP contribution in [0.25, 0.3) is 0 Å². The first-order valence-electron chi connectivity index (χ1n) is 7.45. The molecule has 0 radical (unpaired) electrons. The van der Waals surface area contributed by atoms with Crippen molar-refractivity contribution in [2.24, 2.45) is 0 Å². The van der Waals surface area contributed by atoms with E-state index in [1.54, 1.807) is 23.1 Å². The molecule has 2 aromatic heterocycles. The highest BCUT2D eigenvalue weighted by Gasteiger charge is 2.15. The van der Waals surface area contributed by atoms with Crippen molar-refractivity contribution >= 4 is 28.2 Å². The molecule has 0 unspecified atom stereocenters. The van der Waals surface area contributed by atoms with Gasteiger partial charge in [0, 0.05) is 30.4 Å². The zero-order chi connectivity index (χ0) is 16.1. The summed E-state index contributed by atoms with van der Waals surface area (Å²) >= 11 is 3.47. The number of pyridine rings is 1. The first kappa shape index (κ1) is 16.0. The Morgan fingerprint density at radius 2 is 1.78 bits per heavy atom. The lowest BCUT2D eigenvalue weighted by Gasteiger charge is -2.22. The molecule has 118 valence electrons. The summed E-state index contributed by atoms with van der Waals surface area (Å²) in [7, 11) is 0. The highest BCUT2D eigenvalue weighted by atomic mass is 32.2. The number of anilines is 1. The quantitative estimate of drug-likeness (QED) is 0.604. The van der Waals surface area contributed by atoms with Crippen LogP contribution in [0.1, 0.15) is 16.0 Å². The molecule has 0 aliphatic carbocycles. The molecule has 3 aromatic rings. The molecule has 0 saturated carbocycles. The molecule has 0 atom stereocenters. The largest absolute Gasteiger partial charge is 0.339 e. The van der Waals surface area contributed by atoms with Gasteiger partial charge in [-0.25, -0.2) is 4.98 Å². The SMILES string of the molecule is CSc1nc(N(Cc2ccccc2)Cc2cccnc2)sc1C. The predicted octanol–water partition coefficient (Wildman–Crippen LogP) is 4.78. The molecule has 3 rings (SSSR count). The highest BCUT2D eigenvalue weighted by molar-refractivity contribution is 7.98. The lowest BCUT2D eigenvalue weighted by Crippen LogP contribution is -2.22. The van der Waals surface area contributed by atoms with Crippen LogP contribution in [0.4, 0.5) is 5.13 Å². The van der Waals surface area contributed by atoms with Crippen LogP contribution in [0.5, 0.6) is 0 Å². The Balaban J connectivity index is 1.88. The van der Waals surface area contributed by atoms with Crippen LogP contribution >= 0.6 is 23.1 Å². The van der Waals surface area contributed by atoms with Crippen molar-refractivity contribution in [1.82, 2.24) is 9.97 Å². The van der Waals surface area contributed by atoms with Crippen LogP contribution in [0.15, 0.2) is 59.9 Å². The summed E-state index contributed by atoms with van der Waals surface area (Å²) in [5.74, 6) is 0. The predicted molar refractivity (Wildman–Crippen MR) is 99.2 cm³/mol. The van der Waals surface area contributed by atoms with E-state index in [-0.39, 0.29) is 0 Å². The van der Waals surface area contributed by atoms with E-state index in [9.17, 15) is 0 Å². The second kappa shape index (κ2) is 7.62. The number of thiazole rings is 1. The number of aryl methyl sites for hydroxylation is 1. The zero-order valence-corrected chi connectivity index (χ0v) is 14.9. The number of thioether (sulfide) groups is 1. The Bertz CT molecular complexity index is 700. The van der Waals surface area contributed by atoms with Gasteiger partial charge in [-0.05, 0) is 30.4 Å². The average molecular weight is 342 g/mol. The number of nitrogens with zero attached hydrogens (tertiary/aromatic N) is 3. The molecule has 1 aromatic carbocycles. The molecular weight excluding hydrogens is 322 g/mol. The Labute approximate surface area is 145 Å². The minimum atomic E-state index is 0.809. The van der Waals surface area contributed by atoms with Crippen LogP contribution < -0.4 is 4.90 Å². The van der Waals surface area contributed by atoms with E-state index in [2.05, 4.69) is 53.4 Å². The first-order chi connectivity index (χ1) is 11.3. The van der Waals surface area contributed by atoms with Gasteiger partial charge in [0.15, 0.2) is 5.13 Å². The summed E-state index contributed by atoms with van der Waals surface area (Å²) in [6.45, 7) is 3.79. The molecule has 2 heterocycles. The Kier molecular flexibility index (Phi) is 5.31. The lowest BCUT2D eigenvalue weighted by molar-refractivity contribution is 0.787. The van der Waals surface area contributed by atoms with E-state index < -0.39 is 0 Å². The molecule has 0 spiro atoms. The lowest BCUT2D eigenvalue weighted by atomic mass is 10.2. The topological polar surface area (TPSA) is 29.0 Å². The highest BCUT2D eigenvalue weighted by Crippen LogP contribution is 2.32. The van der Waals surface area contributed by atoms with Crippen molar-refractivity contribution in [3.05, 3.63) is 70.9 Å². The molecule has 23 heavy (non-hydrogen) atoms. The number of rotatable bonds is 6. The summed E-state index contributed by atoms with van der Waals surface area (Å²) in [5.41, 5.74) is 2.48. The van der Waals surface area contributed by atoms with E-state index in [4.69, 9.17) is 4.98 Å². The number of hydrogen-bond donors (Lipinski definition) is 0. The number of aromatic nitrogens is 2. The van der Waals surface area contributed by atoms with Crippen LogP contribution in [0.3, 0.4) is 0 Å². The van der Waals surface area contributed by atoms with Crippen molar-refractivity contribution in [3.8, 4) is 0 Å². The fourth-order valence-corrected chi connectivity index (χ4v) is 4.10. The van der Waals surface area contributed by atoms with Crippen LogP contribution in [0, 0.1) is 6.92 Å². The van der Waals surface area contributed by atoms with Crippen LogP contribution in [-0.2, 0) is 13.1 Å². The molecule has 0 aliphatic rings. The van der Waals surface area contributed by atoms with E-state index in [1.807, 2.05) is 24.5 Å². The molecule has 0 saturated heterocycles. The van der Waals surface area contributed by atoms with Gasteiger partial charge < -0.3 is 4.90 Å². The smallest absolute Gasteiger partial charge is 0.187 e. The van der Waals surface area contributed by atoms with Gasteiger partial charge in [-0.15, -0.1) is 23.1 Å². The monoisotopic (exact) mass is 341 g/mol. The molecule has 3 nitrogen and oxygen atoms in total. The molecule has 0 fully saturated rings. The van der Waals surface area contributed by atoms with Crippen molar-refractivity contribution in [1.29, 1.82) is 0 Å². The second-order valence-corrected chi connectivity index (χ2v) is 7.24. The summed E-state index contributed by atoms with van der Waals surface area (Å²) < 4.78 is 0. The average Bonchev–Trinajstić information content (AvgIpc) is 2.97. The molecule has 5 heteroatoms. The van der Waals surface area contributed by atoms with Crippen molar-refractivity contribution < 1.29 is 0 Å². The van der Waals surface area contributed by atoms with Crippen molar-refractivity contribution in [2.45, 2.75) is 25.0 Å². The van der Waals surface area contributed by atoms with Gasteiger partial charge in [-0.1, -0.05) is 36.4 Å². The maximum atomic E-state index is 4.81.